The standard InChI is InChI=1S/C10H22N2O2/c1-4-10(3,11)9(14)12-7-5-6-8(2)13/h8,13H,4-7,11H2,1-3H3,(H,12,14). The summed E-state index contributed by atoms with van der Waals surface area (Å²) >= 11 is 0. The van der Waals surface area contributed by atoms with Crippen LogP contribution < -0.4 is 11.1 Å². The Bertz CT molecular complexity index is 179. The van der Waals surface area contributed by atoms with E-state index in [0.717, 1.165) is 6.42 Å². The Morgan fingerprint density at radius 1 is 1.64 bits per heavy atom. The molecule has 14 heavy (non-hydrogen) atoms. The number of amides is 1. The van der Waals surface area contributed by atoms with Gasteiger partial charge < -0.3 is 16.2 Å². The van der Waals surface area contributed by atoms with Crippen LogP contribution in [-0.2, 0) is 4.79 Å². The average molecular weight is 202 g/mol. The summed E-state index contributed by atoms with van der Waals surface area (Å²) in [5.74, 6) is -0.120. The fourth-order valence-electron chi connectivity index (χ4n) is 0.962. The van der Waals surface area contributed by atoms with E-state index < -0.39 is 5.54 Å². The number of hydrogen-bond acceptors (Lipinski definition) is 3. The van der Waals surface area contributed by atoms with Crippen LogP contribution in [0.4, 0.5) is 0 Å². The van der Waals surface area contributed by atoms with Gasteiger partial charge in [-0.2, -0.15) is 0 Å². The molecular weight excluding hydrogens is 180 g/mol. The second-order valence-corrected chi connectivity index (χ2v) is 4.02. The van der Waals surface area contributed by atoms with E-state index >= 15 is 0 Å². The molecule has 0 aromatic heterocycles. The number of aliphatic hydroxyl groups is 1. The van der Waals surface area contributed by atoms with Crippen molar-refractivity contribution < 1.29 is 9.90 Å². The predicted molar refractivity (Wildman–Crippen MR) is 56.8 cm³/mol. The van der Waals surface area contributed by atoms with Gasteiger partial charge in [-0.1, -0.05) is 6.92 Å². The monoisotopic (exact) mass is 202 g/mol. The third kappa shape index (κ3) is 5.19. The van der Waals surface area contributed by atoms with Gasteiger partial charge >= 0.3 is 0 Å². The van der Waals surface area contributed by atoms with E-state index in [1.54, 1.807) is 13.8 Å². The van der Waals surface area contributed by atoms with Crippen LogP contribution in [0, 0.1) is 0 Å². The van der Waals surface area contributed by atoms with E-state index in [9.17, 15) is 4.79 Å². The smallest absolute Gasteiger partial charge is 0.239 e. The van der Waals surface area contributed by atoms with E-state index in [4.69, 9.17) is 10.8 Å². The van der Waals surface area contributed by atoms with E-state index in [1.165, 1.54) is 0 Å². The number of hydrogen-bond donors (Lipinski definition) is 3. The second kappa shape index (κ2) is 5.98. The van der Waals surface area contributed by atoms with Crippen molar-refractivity contribution in [2.45, 2.75) is 51.7 Å². The maximum absolute atomic E-state index is 11.4. The molecule has 0 bridgehead atoms. The first-order valence-corrected chi connectivity index (χ1v) is 5.15. The van der Waals surface area contributed by atoms with E-state index in [2.05, 4.69) is 5.32 Å². The van der Waals surface area contributed by atoms with Crippen LogP contribution in [0.2, 0.25) is 0 Å². The van der Waals surface area contributed by atoms with Gasteiger partial charge in [0, 0.05) is 6.54 Å². The molecular formula is C10H22N2O2. The lowest BCUT2D eigenvalue weighted by atomic mass is 9.99. The Morgan fingerprint density at radius 3 is 2.64 bits per heavy atom. The largest absolute Gasteiger partial charge is 0.393 e. The molecule has 4 N–H and O–H groups in total. The lowest BCUT2D eigenvalue weighted by Gasteiger charge is -2.21. The fourth-order valence-corrected chi connectivity index (χ4v) is 0.962. The van der Waals surface area contributed by atoms with Crippen molar-refractivity contribution in [3.8, 4) is 0 Å². The summed E-state index contributed by atoms with van der Waals surface area (Å²) in [6, 6.07) is 0. The van der Waals surface area contributed by atoms with Crippen molar-refractivity contribution in [2.75, 3.05) is 6.54 Å². The molecule has 4 nitrogen and oxygen atoms in total. The summed E-state index contributed by atoms with van der Waals surface area (Å²) in [6.07, 6.45) is 1.80. The van der Waals surface area contributed by atoms with Crippen molar-refractivity contribution in [1.82, 2.24) is 5.32 Å². The second-order valence-electron chi connectivity index (χ2n) is 4.02. The first kappa shape index (κ1) is 13.4. The molecule has 0 aliphatic carbocycles. The highest BCUT2D eigenvalue weighted by Crippen LogP contribution is 2.04. The van der Waals surface area contributed by atoms with Gasteiger partial charge in [-0.3, -0.25) is 4.79 Å². The Hall–Kier alpha value is -0.610. The molecule has 0 aromatic carbocycles. The highest BCUT2D eigenvalue weighted by atomic mass is 16.3. The van der Waals surface area contributed by atoms with Crippen LogP contribution in [0.15, 0.2) is 0 Å². The van der Waals surface area contributed by atoms with Gasteiger partial charge in [-0.05, 0) is 33.1 Å². The Labute approximate surface area is 85.9 Å². The molecule has 1 amide bonds. The molecule has 4 heteroatoms. The minimum atomic E-state index is -0.773. The van der Waals surface area contributed by atoms with Crippen molar-refractivity contribution in [1.29, 1.82) is 0 Å². The minimum Gasteiger partial charge on any atom is -0.393 e. The molecule has 0 radical (unpaired) electrons. The van der Waals surface area contributed by atoms with Crippen LogP contribution in [0.25, 0.3) is 0 Å². The predicted octanol–water partition coefficient (Wildman–Crippen LogP) is 0.391. The van der Waals surface area contributed by atoms with Gasteiger partial charge in [-0.15, -0.1) is 0 Å². The zero-order chi connectivity index (χ0) is 11.2. The number of nitrogens with two attached hydrogens (primary N) is 1. The summed E-state index contributed by atoms with van der Waals surface area (Å²) in [5.41, 5.74) is 4.97. The lowest BCUT2D eigenvalue weighted by molar-refractivity contribution is -0.125. The molecule has 2 atom stereocenters. The number of rotatable bonds is 6. The van der Waals surface area contributed by atoms with E-state index in [1.807, 2.05) is 6.92 Å². The molecule has 84 valence electrons. The quantitative estimate of drug-likeness (QED) is 0.545. The number of carbonyl (C=O) groups excluding carboxylic acids is 1. The topological polar surface area (TPSA) is 75.4 Å². The van der Waals surface area contributed by atoms with Gasteiger partial charge in [0.05, 0.1) is 11.6 Å². The maximum Gasteiger partial charge on any atom is 0.239 e. The van der Waals surface area contributed by atoms with Crippen molar-refractivity contribution in [3.63, 3.8) is 0 Å². The molecule has 0 spiro atoms. The van der Waals surface area contributed by atoms with Gasteiger partial charge in [0.15, 0.2) is 0 Å². The molecule has 0 aromatic rings. The third-order valence-electron chi connectivity index (χ3n) is 2.34. The SMILES string of the molecule is CCC(C)(N)C(=O)NCCCC(C)O. The molecule has 0 saturated carbocycles. The van der Waals surface area contributed by atoms with Crippen molar-refractivity contribution >= 4 is 5.91 Å². The van der Waals surface area contributed by atoms with Crippen LogP contribution in [-0.4, -0.2) is 29.2 Å². The summed E-state index contributed by atoms with van der Waals surface area (Å²) in [7, 11) is 0. The molecule has 2 unspecified atom stereocenters. The maximum atomic E-state index is 11.4. The average Bonchev–Trinajstić information content (AvgIpc) is 2.11. The normalized spacial score (nSPS) is 17.2. The highest BCUT2D eigenvalue weighted by molar-refractivity contribution is 5.85. The molecule has 0 saturated heterocycles. The molecule has 0 aliphatic rings. The van der Waals surface area contributed by atoms with E-state index in [0.29, 0.717) is 19.4 Å². The number of carbonyl (C=O) groups is 1. The van der Waals surface area contributed by atoms with Gasteiger partial charge in [0.25, 0.3) is 0 Å². The Kier molecular flexibility index (Phi) is 5.72. The van der Waals surface area contributed by atoms with Crippen molar-refractivity contribution in [3.05, 3.63) is 0 Å². The summed E-state index contributed by atoms with van der Waals surface area (Å²) in [6.45, 7) is 5.92. The summed E-state index contributed by atoms with van der Waals surface area (Å²) < 4.78 is 0. The Balaban J connectivity index is 3.64. The van der Waals surface area contributed by atoms with Crippen LogP contribution in [0.3, 0.4) is 0 Å². The van der Waals surface area contributed by atoms with Gasteiger partial charge in [0.2, 0.25) is 5.91 Å². The third-order valence-corrected chi connectivity index (χ3v) is 2.34. The number of aliphatic hydroxyl groups excluding tert-OH is 1. The highest BCUT2D eigenvalue weighted by Gasteiger charge is 2.24. The van der Waals surface area contributed by atoms with E-state index in [-0.39, 0.29) is 12.0 Å². The van der Waals surface area contributed by atoms with Crippen LogP contribution in [0.5, 0.6) is 0 Å². The van der Waals surface area contributed by atoms with Gasteiger partial charge in [-0.25, -0.2) is 0 Å². The molecule has 0 aliphatic heterocycles. The molecule has 0 heterocycles. The van der Waals surface area contributed by atoms with Gasteiger partial charge in [0.1, 0.15) is 0 Å². The lowest BCUT2D eigenvalue weighted by Crippen LogP contribution is -2.51. The summed E-state index contributed by atoms with van der Waals surface area (Å²) in [4.78, 5) is 11.4. The first-order valence-electron chi connectivity index (χ1n) is 5.15. The van der Waals surface area contributed by atoms with Crippen molar-refractivity contribution in [2.24, 2.45) is 5.73 Å². The molecule has 0 rings (SSSR count). The minimum absolute atomic E-state index is 0.120. The summed E-state index contributed by atoms with van der Waals surface area (Å²) in [5, 5.41) is 11.7. The Morgan fingerprint density at radius 2 is 2.21 bits per heavy atom. The first-order chi connectivity index (χ1) is 6.40. The fraction of sp³-hybridized carbons (Fsp3) is 0.900. The zero-order valence-corrected chi connectivity index (χ0v) is 9.34. The zero-order valence-electron chi connectivity index (χ0n) is 9.34. The number of nitrogens with one attached hydrogen (secondary N) is 1. The molecule has 0 fully saturated rings. The van der Waals surface area contributed by atoms with Crippen LogP contribution >= 0.6 is 0 Å². The van der Waals surface area contributed by atoms with Crippen LogP contribution in [0.1, 0.15) is 40.0 Å².